The Balaban J connectivity index is 0.000000618. The summed E-state index contributed by atoms with van der Waals surface area (Å²) in [7, 11) is 1.99. The molecular weight excluding hydrogens is 458 g/mol. The van der Waals surface area contributed by atoms with Crippen LogP contribution in [-0.4, -0.2) is 113 Å². The second-order valence-corrected chi connectivity index (χ2v) is 9.63. The molecule has 0 radical (unpaired) electrons. The molecule has 1 heterocycles. The molecule has 14 N–H and O–H groups in total. The van der Waals surface area contributed by atoms with Gasteiger partial charge in [-0.15, -0.1) is 0 Å². The standard InChI is InChI=1S/C10H24N4.C7H15N5O4S2/c11-3-1-5-13-7-9-14(10-8-13)6-2-4-12;8-2(5(13)14)1-17-18-4(12-7(10)11)3(9)6(15)16/h1-12H2;2-4H,1,8-9H2,(H,13,14)(H,15,16)(H4,10,11,12)/t;2-,3-,4?/m.0/s1. The first-order valence-electron chi connectivity index (χ1n) is 10.3. The number of aliphatic carboxylic acids is 2. The fraction of sp³-hybridized carbons (Fsp3) is 0.824. The number of rotatable bonds is 14. The molecule has 0 aromatic heterocycles. The van der Waals surface area contributed by atoms with E-state index >= 15 is 0 Å². The largest absolute Gasteiger partial charge is 0.480 e. The van der Waals surface area contributed by atoms with Gasteiger partial charge in [0.1, 0.15) is 17.5 Å². The number of hydrogen-bond donors (Lipinski definition) is 8. The molecular formula is C17H39N9O4S2. The molecule has 0 bridgehead atoms. The lowest BCUT2D eigenvalue weighted by atomic mass is 10.2. The van der Waals surface area contributed by atoms with Crippen molar-refractivity contribution in [3.05, 3.63) is 0 Å². The second-order valence-electron chi connectivity index (χ2n) is 7.10. The quantitative estimate of drug-likeness (QED) is 0.0680. The molecule has 1 fully saturated rings. The number of aliphatic imine (C=N–C) groups is 1. The van der Waals surface area contributed by atoms with E-state index in [1.165, 1.54) is 39.3 Å². The third-order valence-electron chi connectivity index (χ3n) is 4.42. The molecule has 188 valence electrons. The highest BCUT2D eigenvalue weighted by atomic mass is 33.1. The molecule has 1 aliphatic rings. The maximum atomic E-state index is 10.7. The topological polar surface area (TPSA) is 250 Å². The highest BCUT2D eigenvalue weighted by molar-refractivity contribution is 8.77. The summed E-state index contributed by atoms with van der Waals surface area (Å²) >= 11 is 0. The summed E-state index contributed by atoms with van der Waals surface area (Å²) in [4.78, 5) is 29.8. The predicted molar refractivity (Wildman–Crippen MR) is 131 cm³/mol. The van der Waals surface area contributed by atoms with Gasteiger partial charge in [-0.3, -0.25) is 9.59 Å². The number of piperazine rings is 1. The summed E-state index contributed by atoms with van der Waals surface area (Å²) in [6.07, 6.45) is 2.26. The summed E-state index contributed by atoms with van der Waals surface area (Å²) in [6.45, 7) is 8.76. The molecule has 0 aromatic carbocycles. The molecule has 13 nitrogen and oxygen atoms in total. The smallest absolute Gasteiger partial charge is 0.323 e. The van der Waals surface area contributed by atoms with Gasteiger partial charge in [-0.05, 0) is 39.0 Å². The molecule has 1 rings (SSSR count). The molecule has 1 saturated heterocycles. The average molecular weight is 498 g/mol. The van der Waals surface area contributed by atoms with E-state index in [0.29, 0.717) is 0 Å². The molecule has 32 heavy (non-hydrogen) atoms. The van der Waals surface area contributed by atoms with Gasteiger partial charge in [0.25, 0.3) is 0 Å². The van der Waals surface area contributed by atoms with Crippen LogP contribution in [0.4, 0.5) is 0 Å². The first kappa shape index (κ1) is 30.7. The van der Waals surface area contributed by atoms with Gasteiger partial charge in [-0.1, -0.05) is 21.6 Å². The van der Waals surface area contributed by atoms with Gasteiger partial charge < -0.3 is 54.4 Å². The summed E-state index contributed by atoms with van der Waals surface area (Å²) in [5, 5.41) is 16.4. The van der Waals surface area contributed by atoms with Crippen LogP contribution in [0, 0.1) is 0 Å². The maximum Gasteiger partial charge on any atom is 0.323 e. The van der Waals surface area contributed by atoms with Crippen LogP contribution < -0.4 is 34.4 Å². The van der Waals surface area contributed by atoms with E-state index in [9.17, 15) is 9.59 Å². The number of hydrogen-bond acceptors (Lipinski definition) is 11. The van der Waals surface area contributed by atoms with E-state index in [-0.39, 0.29) is 11.7 Å². The maximum absolute atomic E-state index is 10.7. The highest BCUT2D eigenvalue weighted by Gasteiger charge is 2.25. The van der Waals surface area contributed by atoms with E-state index in [2.05, 4.69) is 14.8 Å². The highest BCUT2D eigenvalue weighted by Crippen LogP contribution is 2.29. The minimum Gasteiger partial charge on any atom is -0.480 e. The number of carbonyl (C=O) groups is 2. The average Bonchev–Trinajstić information content (AvgIpc) is 2.75. The van der Waals surface area contributed by atoms with Gasteiger partial charge in [-0.2, -0.15) is 0 Å². The zero-order chi connectivity index (χ0) is 24.5. The van der Waals surface area contributed by atoms with E-state index in [4.69, 9.17) is 44.6 Å². The monoisotopic (exact) mass is 497 g/mol. The Hall–Kier alpha value is -1.33. The van der Waals surface area contributed by atoms with Crippen LogP contribution in [0.3, 0.4) is 0 Å². The van der Waals surface area contributed by atoms with Crippen molar-refractivity contribution in [3.63, 3.8) is 0 Å². The summed E-state index contributed by atoms with van der Waals surface area (Å²) in [6, 6.07) is -2.35. The Kier molecular flexibility index (Phi) is 17.4. The zero-order valence-corrected chi connectivity index (χ0v) is 20.0. The molecule has 0 amide bonds. The minimum atomic E-state index is -1.30. The van der Waals surface area contributed by atoms with Crippen LogP contribution in [0.15, 0.2) is 4.99 Å². The van der Waals surface area contributed by atoms with Crippen LogP contribution in [0.2, 0.25) is 0 Å². The fourth-order valence-electron chi connectivity index (χ4n) is 2.55. The number of carboxylic acids is 2. The molecule has 0 aliphatic carbocycles. The van der Waals surface area contributed by atoms with E-state index < -0.39 is 29.4 Å². The van der Waals surface area contributed by atoms with Crippen molar-refractivity contribution in [1.29, 1.82) is 0 Å². The Morgan fingerprint density at radius 3 is 1.72 bits per heavy atom. The molecule has 1 unspecified atom stereocenters. The van der Waals surface area contributed by atoms with Crippen molar-refractivity contribution >= 4 is 39.5 Å². The van der Waals surface area contributed by atoms with Crippen molar-refractivity contribution in [2.75, 3.05) is 58.1 Å². The molecule has 0 spiro atoms. The predicted octanol–water partition coefficient (Wildman–Crippen LogP) is -2.91. The third-order valence-corrected chi connectivity index (χ3v) is 7.06. The van der Waals surface area contributed by atoms with Gasteiger partial charge in [-0.25, -0.2) is 4.99 Å². The molecule has 3 atom stereocenters. The van der Waals surface area contributed by atoms with Gasteiger partial charge in [0.2, 0.25) is 0 Å². The molecule has 0 aromatic rings. The number of nitrogens with two attached hydrogens (primary N) is 6. The normalized spacial score (nSPS) is 17.5. The van der Waals surface area contributed by atoms with Crippen molar-refractivity contribution in [3.8, 4) is 0 Å². The number of carboxylic acid groups (broad SMARTS) is 2. The summed E-state index contributed by atoms with van der Waals surface area (Å²) in [5.74, 6) is -2.64. The third kappa shape index (κ3) is 14.7. The van der Waals surface area contributed by atoms with Crippen LogP contribution in [0.5, 0.6) is 0 Å². The summed E-state index contributed by atoms with van der Waals surface area (Å²) < 4.78 is 0. The molecule has 0 saturated carbocycles. The minimum absolute atomic E-state index is 0.0723. The Morgan fingerprint density at radius 2 is 1.38 bits per heavy atom. The lowest BCUT2D eigenvalue weighted by Crippen LogP contribution is -2.47. The second kappa shape index (κ2) is 18.1. The van der Waals surface area contributed by atoms with Crippen molar-refractivity contribution in [1.82, 2.24) is 9.80 Å². The van der Waals surface area contributed by atoms with E-state index in [1.807, 2.05) is 0 Å². The van der Waals surface area contributed by atoms with Crippen molar-refractivity contribution in [2.45, 2.75) is 30.3 Å². The van der Waals surface area contributed by atoms with Crippen LogP contribution in [-0.2, 0) is 9.59 Å². The number of guanidine groups is 1. The lowest BCUT2D eigenvalue weighted by Gasteiger charge is -2.34. The van der Waals surface area contributed by atoms with Crippen LogP contribution in [0.25, 0.3) is 0 Å². The van der Waals surface area contributed by atoms with E-state index in [1.54, 1.807) is 0 Å². The Bertz CT molecular complexity index is 546. The van der Waals surface area contributed by atoms with Gasteiger partial charge in [0.15, 0.2) is 5.96 Å². The number of nitrogens with zero attached hydrogens (tertiary/aromatic N) is 3. The fourth-order valence-corrected chi connectivity index (χ4v) is 5.04. The van der Waals surface area contributed by atoms with Crippen LogP contribution in [0.1, 0.15) is 12.8 Å². The van der Waals surface area contributed by atoms with Crippen LogP contribution >= 0.6 is 21.6 Å². The van der Waals surface area contributed by atoms with Crippen molar-refractivity contribution in [2.24, 2.45) is 39.4 Å². The zero-order valence-electron chi connectivity index (χ0n) is 18.3. The SMILES string of the molecule is NC(N)=NC(SSC[C@H](N)C(=O)O)[C@H](N)C(=O)O.NCCCN1CCN(CCCN)CC1. The van der Waals surface area contributed by atoms with Gasteiger partial charge in [0, 0.05) is 31.9 Å². The van der Waals surface area contributed by atoms with E-state index in [0.717, 1.165) is 47.5 Å². The van der Waals surface area contributed by atoms with Gasteiger partial charge in [0.05, 0.1) is 0 Å². The Morgan fingerprint density at radius 1 is 0.906 bits per heavy atom. The molecule has 1 aliphatic heterocycles. The first-order chi connectivity index (χ1) is 15.1. The Labute approximate surface area is 197 Å². The van der Waals surface area contributed by atoms with Gasteiger partial charge >= 0.3 is 11.9 Å². The lowest BCUT2D eigenvalue weighted by molar-refractivity contribution is -0.139. The van der Waals surface area contributed by atoms with Crippen molar-refractivity contribution < 1.29 is 19.8 Å². The summed E-state index contributed by atoms with van der Waals surface area (Å²) in [5.41, 5.74) is 31.9. The first-order valence-corrected chi connectivity index (χ1v) is 12.7. The molecule has 15 heteroatoms.